The summed E-state index contributed by atoms with van der Waals surface area (Å²) in [6.07, 6.45) is 2.19. The zero-order valence-corrected chi connectivity index (χ0v) is 8.11. The summed E-state index contributed by atoms with van der Waals surface area (Å²) in [6.45, 7) is 2.05. The van der Waals surface area contributed by atoms with Crippen LogP contribution in [0.3, 0.4) is 0 Å². The fourth-order valence-electron chi connectivity index (χ4n) is 0.731. The topological polar surface area (TPSA) is 59.0 Å². The van der Waals surface area contributed by atoms with Crippen LogP contribution in [0.15, 0.2) is 11.6 Å². The van der Waals surface area contributed by atoms with E-state index in [2.05, 4.69) is 0 Å². The molecule has 0 amide bonds. The molecule has 0 aliphatic carbocycles. The maximum atomic E-state index is 10.4. The minimum Gasteiger partial charge on any atom is -0.478 e. The van der Waals surface area contributed by atoms with E-state index < -0.39 is 5.97 Å². The van der Waals surface area contributed by atoms with Gasteiger partial charge in [-0.1, -0.05) is 11.3 Å². The summed E-state index contributed by atoms with van der Waals surface area (Å²) in [7, 11) is 2.97. The normalized spacial score (nSPS) is 12.2. The molecular weight excluding hydrogens is 174 g/mol. The van der Waals surface area contributed by atoms with Crippen molar-refractivity contribution in [1.29, 1.82) is 0 Å². The molecule has 0 bridgehead atoms. The number of carbonyl (C=O) groups is 1. The summed E-state index contributed by atoms with van der Waals surface area (Å²) in [6, 6.07) is 0. The van der Waals surface area contributed by atoms with Crippen LogP contribution in [0.25, 0.3) is 0 Å². The molecule has 76 valence electrons. The molecular formula is C8H15NO4. The maximum absolute atomic E-state index is 10.4. The monoisotopic (exact) mass is 189 g/mol. The van der Waals surface area contributed by atoms with Crippen LogP contribution in [0.5, 0.6) is 0 Å². The van der Waals surface area contributed by atoms with Crippen LogP contribution in [0, 0.1) is 0 Å². The van der Waals surface area contributed by atoms with Crippen LogP contribution < -0.4 is 0 Å². The van der Waals surface area contributed by atoms with Crippen molar-refractivity contribution in [1.82, 2.24) is 5.23 Å². The SMILES string of the molecule is CON(CCC=C(C)C(=O)O)OC. The third-order valence-corrected chi connectivity index (χ3v) is 1.51. The molecule has 0 unspecified atom stereocenters. The van der Waals surface area contributed by atoms with E-state index in [1.807, 2.05) is 0 Å². The van der Waals surface area contributed by atoms with Crippen molar-refractivity contribution in [3.63, 3.8) is 0 Å². The first-order valence-corrected chi connectivity index (χ1v) is 3.87. The smallest absolute Gasteiger partial charge is 0.330 e. The molecule has 0 saturated carbocycles. The fraction of sp³-hybridized carbons (Fsp3) is 0.625. The van der Waals surface area contributed by atoms with Gasteiger partial charge in [-0.15, -0.1) is 0 Å². The van der Waals surface area contributed by atoms with E-state index in [0.29, 0.717) is 18.5 Å². The van der Waals surface area contributed by atoms with E-state index in [9.17, 15) is 4.79 Å². The zero-order valence-electron chi connectivity index (χ0n) is 8.11. The summed E-state index contributed by atoms with van der Waals surface area (Å²) in [4.78, 5) is 19.9. The van der Waals surface area contributed by atoms with Crippen LogP contribution in [-0.2, 0) is 14.5 Å². The Balaban J connectivity index is 3.76. The molecule has 0 aromatic carbocycles. The highest BCUT2D eigenvalue weighted by molar-refractivity contribution is 5.85. The molecule has 1 N–H and O–H groups in total. The lowest BCUT2D eigenvalue weighted by Crippen LogP contribution is -2.21. The predicted molar refractivity (Wildman–Crippen MR) is 46.7 cm³/mol. The van der Waals surface area contributed by atoms with E-state index in [0.717, 1.165) is 0 Å². The van der Waals surface area contributed by atoms with E-state index in [-0.39, 0.29) is 0 Å². The summed E-state index contributed by atoms with van der Waals surface area (Å²) >= 11 is 0. The van der Waals surface area contributed by atoms with Crippen molar-refractivity contribution in [2.75, 3.05) is 20.8 Å². The lowest BCUT2D eigenvalue weighted by Gasteiger charge is -2.14. The number of rotatable bonds is 6. The first kappa shape index (κ1) is 12.1. The van der Waals surface area contributed by atoms with E-state index >= 15 is 0 Å². The summed E-state index contributed by atoms with van der Waals surface area (Å²) in [5.74, 6) is -0.901. The van der Waals surface area contributed by atoms with Gasteiger partial charge in [0.1, 0.15) is 0 Å². The largest absolute Gasteiger partial charge is 0.478 e. The second-order valence-corrected chi connectivity index (χ2v) is 2.40. The molecule has 0 heterocycles. The number of hydrogen-bond donors (Lipinski definition) is 1. The molecule has 5 heteroatoms. The molecule has 0 radical (unpaired) electrons. The van der Waals surface area contributed by atoms with Crippen LogP contribution in [-0.4, -0.2) is 37.1 Å². The Morgan fingerprint density at radius 1 is 1.46 bits per heavy atom. The van der Waals surface area contributed by atoms with Gasteiger partial charge in [0.15, 0.2) is 0 Å². The van der Waals surface area contributed by atoms with Gasteiger partial charge >= 0.3 is 5.97 Å². The van der Waals surface area contributed by atoms with Crippen molar-refractivity contribution in [3.8, 4) is 0 Å². The Labute approximate surface area is 77.5 Å². The molecule has 0 aromatic rings. The third kappa shape index (κ3) is 5.35. The molecule has 0 atom stereocenters. The average Bonchev–Trinajstić information content (AvgIpc) is 2.12. The lowest BCUT2D eigenvalue weighted by molar-refractivity contribution is -0.341. The Kier molecular flexibility index (Phi) is 6.13. The highest BCUT2D eigenvalue weighted by Crippen LogP contribution is 1.98. The molecule has 0 saturated heterocycles. The van der Waals surface area contributed by atoms with Crippen LogP contribution in [0.1, 0.15) is 13.3 Å². The minimum atomic E-state index is -0.901. The molecule has 0 spiro atoms. The molecule has 5 nitrogen and oxygen atoms in total. The highest BCUT2D eigenvalue weighted by atomic mass is 16.9. The highest BCUT2D eigenvalue weighted by Gasteiger charge is 2.01. The van der Waals surface area contributed by atoms with Gasteiger partial charge in [-0.25, -0.2) is 4.79 Å². The van der Waals surface area contributed by atoms with Gasteiger partial charge in [0.25, 0.3) is 0 Å². The number of carboxylic acid groups (broad SMARTS) is 1. The number of hydrogen-bond acceptors (Lipinski definition) is 4. The Morgan fingerprint density at radius 3 is 2.38 bits per heavy atom. The van der Waals surface area contributed by atoms with Gasteiger partial charge in [0, 0.05) is 5.57 Å². The first-order valence-electron chi connectivity index (χ1n) is 3.87. The van der Waals surface area contributed by atoms with Gasteiger partial charge in [-0.2, -0.15) is 0 Å². The van der Waals surface area contributed by atoms with Gasteiger partial charge in [0.05, 0.1) is 20.8 Å². The van der Waals surface area contributed by atoms with Gasteiger partial charge < -0.3 is 5.11 Å². The van der Waals surface area contributed by atoms with Crippen molar-refractivity contribution < 1.29 is 19.6 Å². The van der Waals surface area contributed by atoms with E-state index in [4.69, 9.17) is 14.8 Å². The Morgan fingerprint density at radius 2 is 2.00 bits per heavy atom. The molecule has 0 aromatic heterocycles. The molecule has 0 fully saturated rings. The lowest BCUT2D eigenvalue weighted by atomic mass is 10.2. The number of hydroxylamine groups is 2. The van der Waals surface area contributed by atoms with Gasteiger partial charge in [0.2, 0.25) is 0 Å². The minimum absolute atomic E-state index is 0.326. The summed E-state index contributed by atoms with van der Waals surface area (Å²) in [5.41, 5.74) is 0.326. The molecule has 13 heavy (non-hydrogen) atoms. The maximum Gasteiger partial charge on any atom is 0.330 e. The van der Waals surface area contributed by atoms with E-state index in [1.165, 1.54) is 19.4 Å². The number of carboxylic acids is 1. The standard InChI is InChI=1S/C8H15NO4/c1-7(8(10)11)5-4-6-9(12-2)13-3/h5H,4,6H2,1-3H3,(H,10,11). The molecule has 0 aliphatic heterocycles. The van der Waals surface area contributed by atoms with Crippen LogP contribution >= 0.6 is 0 Å². The first-order chi connectivity index (χ1) is 6.11. The van der Waals surface area contributed by atoms with E-state index in [1.54, 1.807) is 13.0 Å². The van der Waals surface area contributed by atoms with Crippen molar-refractivity contribution in [3.05, 3.63) is 11.6 Å². The molecule has 0 rings (SSSR count). The third-order valence-electron chi connectivity index (χ3n) is 1.51. The van der Waals surface area contributed by atoms with Crippen molar-refractivity contribution in [2.45, 2.75) is 13.3 Å². The zero-order chi connectivity index (χ0) is 10.3. The van der Waals surface area contributed by atoms with Crippen molar-refractivity contribution >= 4 is 5.97 Å². The summed E-state index contributed by atoms with van der Waals surface area (Å²) in [5, 5.41) is 9.79. The van der Waals surface area contributed by atoms with Gasteiger partial charge in [-0.3, -0.25) is 9.68 Å². The second-order valence-electron chi connectivity index (χ2n) is 2.40. The summed E-state index contributed by atoms with van der Waals surface area (Å²) < 4.78 is 0. The van der Waals surface area contributed by atoms with Crippen molar-refractivity contribution in [2.24, 2.45) is 0 Å². The Hall–Kier alpha value is -0.910. The van der Waals surface area contributed by atoms with Gasteiger partial charge in [-0.05, 0) is 13.3 Å². The quantitative estimate of drug-likeness (QED) is 0.495. The number of nitrogens with zero attached hydrogens (tertiary/aromatic N) is 1. The van der Waals surface area contributed by atoms with Crippen LogP contribution in [0.2, 0.25) is 0 Å². The molecule has 0 aliphatic rings. The Bertz CT molecular complexity index is 187. The second kappa shape index (κ2) is 6.59. The average molecular weight is 189 g/mol. The van der Waals surface area contributed by atoms with Crippen LogP contribution in [0.4, 0.5) is 0 Å². The number of aliphatic carboxylic acids is 1. The fourth-order valence-corrected chi connectivity index (χ4v) is 0.731. The predicted octanol–water partition coefficient (Wildman–Crippen LogP) is 0.832.